The minimum absolute atomic E-state index is 0. The Morgan fingerprint density at radius 3 is 1.93 bits per heavy atom. The van der Waals surface area contributed by atoms with E-state index in [4.69, 9.17) is 5.11 Å². The number of rotatable bonds is 2. The summed E-state index contributed by atoms with van der Waals surface area (Å²) >= 11 is 0. The second-order valence-corrected chi connectivity index (χ2v) is 2.37. The van der Waals surface area contributed by atoms with Crippen LogP contribution in [-0.4, -0.2) is 24.2 Å². The molecule has 1 aromatic rings. The molecule has 0 amide bonds. The summed E-state index contributed by atoms with van der Waals surface area (Å²) in [6.45, 7) is 0. The van der Waals surface area contributed by atoms with Gasteiger partial charge in [-0.15, -0.1) is 0 Å². The first-order valence-corrected chi connectivity index (χ1v) is 3.57. The van der Waals surface area contributed by atoms with Gasteiger partial charge < -0.3 is 9.84 Å². The Kier molecular flexibility index (Phi) is 5.02. The molecule has 0 bridgehead atoms. The summed E-state index contributed by atoms with van der Waals surface area (Å²) in [7, 11) is 1.27. The Labute approximate surface area is 93.6 Å². The molecule has 0 saturated heterocycles. The van der Waals surface area contributed by atoms with E-state index in [0.29, 0.717) is 5.56 Å². The second kappa shape index (κ2) is 5.50. The minimum Gasteiger partial charge on any atom is -0.478 e. The van der Waals surface area contributed by atoms with E-state index in [-0.39, 0.29) is 25.0 Å². The maximum absolute atomic E-state index is 10.9. The van der Waals surface area contributed by atoms with E-state index in [1.54, 1.807) is 0 Å². The van der Waals surface area contributed by atoms with Crippen LogP contribution in [0.4, 0.5) is 0 Å². The third-order valence-corrected chi connectivity index (χ3v) is 1.55. The molecule has 0 aliphatic carbocycles. The van der Waals surface area contributed by atoms with Crippen molar-refractivity contribution in [2.75, 3.05) is 7.11 Å². The van der Waals surface area contributed by atoms with Gasteiger partial charge in [-0.1, -0.05) is 0 Å². The van der Waals surface area contributed by atoms with Gasteiger partial charge in [0.05, 0.1) is 18.2 Å². The van der Waals surface area contributed by atoms with Crippen LogP contribution in [-0.2, 0) is 24.2 Å². The number of esters is 1. The molecule has 0 heterocycles. The van der Waals surface area contributed by atoms with Gasteiger partial charge in [0.15, 0.2) is 0 Å². The molecule has 14 heavy (non-hydrogen) atoms. The zero-order chi connectivity index (χ0) is 9.84. The van der Waals surface area contributed by atoms with Gasteiger partial charge in [-0.3, -0.25) is 0 Å². The van der Waals surface area contributed by atoms with Gasteiger partial charge in [0.25, 0.3) is 0 Å². The molecule has 4 nitrogen and oxygen atoms in total. The minimum atomic E-state index is -1.02. The molecule has 1 aromatic carbocycles. The summed E-state index contributed by atoms with van der Waals surface area (Å²) in [6, 6.07) is 5.54. The Balaban J connectivity index is 0.00000169. The number of hydrogen-bond acceptors (Lipinski definition) is 3. The molecule has 1 rings (SSSR count). The summed E-state index contributed by atoms with van der Waals surface area (Å²) in [5.74, 6) is -1.49. The summed E-state index contributed by atoms with van der Waals surface area (Å²) in [4.78, 5) is 21.4. The Hall–Kier alpha value is -1.22. The average Bonchev–Trinajstić information content (AvgIpc) is 2.17. The van der Waals surface area contributed by atoms with Crippen molar-refractivity contribution in [3.8, 4) is 0 Å². The fourth-order valence-electron chi connectivity index (χ4n) is 0.867. The largest absolute Gasteiger partial charge is 0.478 e. The van der Waals surface area contributed by atoms with Crippen LogP contribution < -0.4 is 0 Å². The van der Waals surface area contributed by atoms with Gasteiger partial charge >= 0.3 is 11.9 Å². The van der Waals surface area contributed by atoms with Crippen LogP contribution in [0.15, 0.2) is 24.3 Å². The number of carbonyl (C=O) groups is 2. The van der Waals surface area contributed by atoms with E-state index in [1.165, 1.54) is 31.4 Å². The number of carbonyl (C=O) groups excluding carboxylic acids is 1. The van der Waals surface area contributed by atoms with Crippen molar-refractivity contribution in [3.05, 3.63) is 35.4 Å². The normalized spacial score (nSPS) is 8.64. The topological polar surface area (TPSA) is 63.6 Å². The second-order valence-electron chi connectivity index (χ2n) is 2.37. The number of aromatic carboxylic acids is 1. The predicted octanol–water partition coefficient (Wildman–Crippen LogP) is 1.17. The Morgan fingerprint density at radius 2 is 1.57 bits per heavy atom. The van der Waals surface area contributed by atoms with Gasteiger partial charge in [-0.25, -0.2) is 9.59 Å². The number of ether oxygens (including phenoxy) is 1. The van der Waals surface area contributed by atoms with E-state index >= 15 is 0 Å². The van der Waals surface area contributed by atoms with Gasteiger partial charge in [-0.2, -0.15) is 0 Å². The van der Waals surface area contributed by atoms with Crippen LogP contribution in [0.5, 0.6) is 0 Å². The number of hydrogen-bond donors (Lipinski definition) is 1. The van der Waals surface area contributed by atoms with E-state index in [0.717, 1.165) is 0 Å². The maximum atomic E-state index is 10.9. The predicted molar refractivity (Wildman–Crippen MR) is 44.7 cm³/mol. The summed E-state index contributed by atoms with van der Waals surface area (Å²) in [5.41, 5.74) is 0.486. The molecule has 5 heteroatoms. The van der Waals surface area contributed by atoms with Gasteiger partial charge in [0.1, 0.15) is 0 Å². The molecule has 0 spiro atoms. The number of methoxy groups -OCH3 is 1. The van der Waals surface area contributed by atoms with Crippen molar-refractivity contribution in [2.24, 2.45) is 0 Å². The molecular formula is C9H8O4Zn. The summed E-state index contributed by atoms with van der Waals surface area (Å²) in [6.07, 6.45) is 0. The first-order valence-electron chi connectivity index (χ1n) is 3.57. The maximum Gasteiger partial charge on any atom is 0.337 e. The van der Waals surface area contributed by atoms with Crippen LogP contribution in [0, 0.1) is 0 Å². The van der Waals surface area contributed by atoms with Crippen LogP contribution in [0.2, 0.25) is 0 Å². The van der Waals surface area contributed by atoms with Crippen LogP contribution >= 0.6 is 0 Å². The quantitative estimate of drug-likeness (QED) is 0.627. The van der Waals surface area contributed by atoms with Gasteiger partial charge in [-0.05, 0) is 24.3 Å². The van der Waals surface area contributed by atoms with Crippen LogP contribution in [0.3, 0.4) is 0 Å². The Bertz CT molecular complexity index is 331. The average molecular weight is 246 g/mol. The fraction of sp³-hybridized carbons (Fsp3) is 0.111. The number of benzene rings is 1. The van der Waals surface area contributed by atoms with Crippen molar-refractivity contribution in [2.45, 2.75) is 0 Å². The molecule has 0 aromatic heterocycles. The molecule has 0 fully saturated rings. The fourth-order valence-corrected chi connectivity index (χ4v) is 0.867. The van der Waals surface area contributed by atoms with Crippen LogP contribution in [0.1, 0.15) is 20.7 Å². The van der Waals surface area contributed by atoms with Crippen molar-refractivity contribution in [1.82, 2.24) is 0 Å². The molecular weight excluding hydrogens is 237 g/mol. The first kappa shape index (κ1) is 12.8. The zero-order valence-corrected chi connectivity index (χ0v) is 10.7. The smallest absolute Gasteiger partial charge is 0.337 e. The summed E-state index contributed by atoms with van der Waals surface area (Å²) < 4.78 is 4.45. The van der Waals surface area contributed by atoms with Crippen molar-refractivity contribution in [1.29, 1.82) is 0 Å². The van der Waals surface area contributed by atoms with E-state index in [1.807, 2.05) is 0 Å². The molecule has 0 unspecified atom stereocenters. The zero-order valence-electron chi connectivity index (χ0n) is 7.69. The van der Waals surface area contributed by atoms with Crippen molar-refractivity contribution < 1.29 is 38.9 Å². The third-order valence-electron chi connectivity index (χ3n) is 1.55. The molecule has 0 atom stereocenters. The van der Waals surface area contributed by atoms with E-state index in [2.05, 4.69) is 4.74 Å². The van der Waals surface area contributed by atoms with Crippen molar-refractivity contribution in [3.63, 3.8) is 0 Å². The van der Waals surface area contributed by atoms with Crippen molar-refractivity contribution >= 4 is 11.9 Å². The molecule has 0 aliphatic rings. The standard InChI is InChI=1S/C9H8O4.Zn/c1-13-9(12)7-4-2-6(3-5-7)8(10)11;/h2-5H,1H3,(H,10,11);. The van der Waals surface area contributed by atoms with E-state index in [9.17, 15) is 9.59 Å². The van der Waals surface area contributed by atoms with Gasteiger partial charge in [0, 0.05) is 19.5 Å². The summed E-state index contributed by atoms with van der Waals surface area (Å²) in [5, 5.41) is 8.56. The number of carboxylic acids is 1. The monoisotopic (exact) mass is 244 g/mol. The van der Waals surface area contributed by atoms with Crippen LogP contribution in [0.25, 0.3) is 0 Å². The molecule has 0 radical (unpaired) electrons. The van der Waals surface area contributed by atoms with E-state index < -0.39 is 11.9 Å². The number of carboxylic acid groups (broad SMARTS) is 1. The van der Waals surface area contributed by atoms with Gasteiger partial charge in [0.2, 0.25) is 0 Å². The third kappa shape index (κ3) is 2.93. The molecule has 0 saturated carbocycles. The molecule has 70 valence electrons. The molecule has 0 aliphatic heterocycles. The Morgan fingerprint density at radius 1 is 1.14 bits per heavy atom. The SMILES string of the molecule is COC(=O)c1ccc(C(=O)O)cc1.[Zn]. The molecule has 1 N–H and O–H groups in total. The first-order chi connectivity index (χ1) is 6.15.